The first-order valence-corrected chi connectivity index (χ1v) is 11.1. The summed E-state index contributed by atoms with van der Waals surface area (Å²) in [6.07, 6.45) is 0.831. The number of carbonyl (C=O) groups excluding carboxylic acids is 4. The van der Waals surface area contributed by atoms with Crippen LogP contribution in [0.4, 0.5) is 0 Å². The van der Waals surface area contributed by atoms with Gasteiger partial charge in [-0.15, -0.1) is 0 Å². The predicted molar refractivity (Wildman–Crippen MR) is 125 cm³/mol. The van der Waals surface area contributed by atoms with E-state index < -0.39 is 29.7 Å². The number of ketones is 1. The molecule has 3 N–H and O–H groups in total. The molecular formula is C25H33N3O4. The summed E-state index contributed by atoms with van der Waals surface area (Å²) in [6.45, 7) is 7.67. The first-order valence-electron chi connectivity index (χ1n) is 11.1. The van der Waals surface area contributed by atoms with E-state index in [1.165, 1.54) is 0 Å². The molecule has 2 aromatic carbocycles. The van der Waals surface area contributed by atoms with Crippen molar-refractivity contribution in [2.75, 3.05) is 6.54 Å². The van der Waals surface area contributed by atoms with E-state index >= 15 is 0 Å². The van der Waals surface area contributed by atoms with E-state index in [0.29, 0.717) is 13.0 Å². The molecule has 0 spiro atoms. The van der Waals surface area contributed by atoms with Crippen molar-refractivity contribution >= 4 is 34.3 Å². The summed E-state index contributed by atoms with van der Waals surface area (Å²) in [6, 6.07) is 11.9. The minimum absolute atomic E-state index is 0.137. The molecule has 0 aliphatic heterocycles. The van der Waals surface area contributed by atoms with Crippen LogP contribution >= 0.6 is 0 Å². The number of likely N-dealkylation sites (N-methyl/N-ethyl adjacent to an activating group) is 1. The summed E-state index contributed by atoms with van der Waals surface area (Å²) >= 11 is 0. The minimum atomic E-state index is -0.932. The van der Waals surface area contributed by atoms with Gasteiger partial charge in [0.05, 0.1) is 12.5 Å². The van der Waals surface area contributed by atoms with E-state index in [-0.39, 0.29) is 24.7 Å². The summed E-state index contributed by atoms with van der Waals surface area (Å²) in [5, 5.41) is 9.97. The summed E-state index contributed by atoms with van der Waals surface area (Å²) in [4.78, 5) is 49.9. The van der Waals surface area contributed by atoms with Crippen molar-refractivity contribution in [1.82, 2.24) is 16.0 Å². The molecule has 2 aromatic rings. The van der Waals surface area contributed by atoms with Crippen molar-refractivity contribution in [2.24, 2.45) is 5.92 Å². The largest absolute Gasteiger partial charge is 0.350 e. The third-order valence-electron chi connectivity index (χ3n) is 5.19. The van der Waals surface area contributed by atoms with Gasteiger partial charge in [-0.3, -0.25) is 19.2 Å². The Morgan fingerprint density at radius 1 is 0.875 bits per heavy atom. The van der Waals surface area contributed by atoms with Crippen molar-refractivity contribution in [1.29, 1.82) is 0 Å². The van der Waals surface area contributed by atoms with Gasteiger partial charge in [0.2, 0.25) is 17.6 Å². The fraction of sp³-hybridized carbons (Fsp3) is 0.440. The number of carbonyl (C=O) groups is 4. The van der Waals surface area contributed by atoms with Crippen LogP contribution in [0.5, 0.6) is 0 Å². The number of Topliss-reactive ketones (excluding diaryl/α,β-unsaturated/α-hetero) is 1. The first kappa shape index (κ1) is 25.0. The lowest BCUT2D eigenvalue weighted by atomic mass is 10.00. The topological polar surface area (TPSA) is 104 Å². The Bertz CT molecular complexity index is 965. The van der Waals surface area contributed by atoms with E-state index in [1.54, 1.807) is 13.8 Å². The van der Waals surface area contributed by atoms with Gasteiger partial charge in [0.1, 0.15) is 6.04 Å². The van der Waals surface area contributed by atoms with Gasteiger partial charge in [-0.25, -0.2) is 0 Å². The Morgan fingerprint density at radius 2 is 1.56 bits per heavy atom. The number of hydrogen-bond donors (Lipinski definition) is 3. The summed E-state index contributed by atoms with van der Waals surface area (Å²) < 4.78 is 0. The molecule has 0 fully saturated rings. The zero-order chi connectivity index (χ0) is 23.7. The summed E-state index contributed by atoms with van der Waals surface area (Å²) in [5.74, 6) is -2.00. The zero-order valence-corrected chi connectivity index (χ0v) is 19.2. The van der Waals surface area contributed by atoms with Gasteiger partial charge < -0.3 is 16.0 Å². The molecule has 0 bridgehead atoms. The highest BCUT2D eigenvalue weighted by atomic mass is 16.2. The quantitative estimate of drug-likeness (QED) is 0.468. The van der Waals surface area contributed by atoms with Gasteiger partial charge in [0, 0.05) is 6.54 Å². The molecule has 0 aromatic heterocycles. The first-order chi connectivity index (χ1) is 15.3. The van der Waals surface area contributed by atoms with E-state index in [0.717, 1.165) is 16.3 Å². The second kappa shape index (κ2) is 12.0. The van der Waals surface area contributed by atoms with Crippen molar-refractivity contribution in [3.05, 3.63) is 48.0 Å². The Hall–Kier alpha value is -3.22. The van der Waals surface area contributed by atoms with E-state index in [2.05, 4.69) is 16.0 Å². The Balaban J connectivity index is 2.11. The Morgan fingerprint density at radius 3 is 2.22 bits per heavy atom. The molecule has 0 saturated carbocycles. The van der Waals surface area contributed by atoms with Crippen molar-refractivity contribution in [3.8, 4) is 0 Å². The maximum absolute atomic E-state index is 12.9. The van der Waals surface area contributed by atoms with Crippen LogP contribution in [0, 0.1) is 5.92 Å². The van der Waals surface area contributed by atoms with E-state index in [4.69, 9.17) is 0 Å². The highest BCUT2D eigenvalue weighted by Gasteiger charge is 2.29. The number of fused-ring (bicyclic) bond motifs is 1. The second-order valence-electron chi connectivity index (χ2n) is 8.26. The van der Waals surface area contributed by atoms with Crippen LogP contribution in [0.3, 0.4) is 0 Å². The molecule has 2 atom stereocenters. The second-order valence-corrected chi connectivity index (χ2v) is 8.26. The third kappa shape index (κ3) is 6.90. The molecule has 0 heterocycles. The predicted octanol–water partition coefficient (Wildman–Crippen LogP) is 2.51. The van der Waals surface area contributed by atoms with Crippen LogP contribution in [0.15, 0.2) is 42.5 Å². The van der Waals surface area contributed by atoms with Crippen molar-refractivity contribution < 1.29 is 19.2 Å². The zero-order valence-electron chi connectivity index (χ0n) is 19.2. The van der Waals surface area contributed by atoms with Crippen molar-refractivity contribution in [2.45, 2.75) is 59.0 Å². The Labute approximate surface area is 189 Å². The van der Waals surface area contributed by atoms with Crippen LogP contribution in [-0.4, -0.2) is 42.1 Å². The number of rotatable bonds is 11. The average molecular weight is 440 g/mol. The number of hydrogen-bond acceptors (Lipinski definition) is 4. The smallest absolute Gasteiger partial charge is 0.289 e. The standard InChI is InChI=1S/C25H33N3O4/c1-5-20(23(30)25(32)26-6-2)28-24(31)21(14-16(3)4)27-22(29)15-18-12-9-11-17-10-7-8-13-19(17)18/h7-13,16,20-21H,5-6,14-15H2,1-4H3,(H,26,32)(H,27,29)(H,28,31)/t20?,21-/m0/s1. The normalized spacial score (nSPS) is 12.8. The highest BCUT2D eigenvalue weighted by Crippen LogP contribution is 2.19. The van der Waals surface area contributed by atoms with Crippen molar-refractivity contribution in [3.63, 3.8) is 0 Å². The van der Waals surface area contributed by atoms with E-state index in [9.17, 15) is 19.2 Å². The molecule has 3 amide bonds. The highest BCUT2D eigenvalue weighted by molar-refractivity contribution is 6.38. The SMILES string of the molecule is CCNC(=O)C(=O)C(CC)NC(=O)[C@H](CC(C)C)NC(=O)Cc1cccc2ccccc12. The lowest BCUT2D eigenvalue weighted by Gasteiger charge is -2.23. The maximum Gasteiger partial charge on any atom is 0.289 e. The lowest BCUT2D eigenvalue weighted by Crippen LogP contribution is -2.54. The fourth-order valence-electron chi connectivity index (χ4n) is 3.60. The van der Waals surface area contributed by atoms with Gasteiger partial charge in [-0.2, -0.15) is 0 Å². The summed E-state index contributed by atoms with van der Waals surface area (Å²) in [5.41, 5.74) is 0.877. The molecule has 7 nitrogen and oxygen atoms in total. The molecule has 2 rings (SSSR count). The molecule has 0 saturated heterocycles. The van der Waals surface area contributed by atoms with Gasteiger partial charge in [-0.05, 0) is 42.0 Å². The molecule has 0 aliphatic carbocycles. The number of nitrogens with one attached hydrogen (secondary N) is 3. The third-order valence-corrected chi connectivity index (χ3v) is 5.19. The van der Waals surface area contributed by atoms with Crippen LogP contribution in [0.1, 0.15) is 46.1 Å². The van der Waals surface area contributed by atoms with Crippen LogP contribution < -0.4 is 16.0 Å². The molecule has 1 unspecified atom stereocenters. The molecule has 7 heteroatoms. The van der Waals surface area contributed by atoms with Gasteiger partial charge in [0.25, 0.3) is 5.91 Å². The monoisotopic (exact) mass is 439 g/mol. The number of amides is 3. The van der Waals surface area contributed by atoms with Crippen LogP contribution in [0.2, 0.25) is 0 Å². The summed E-state index contributed by atoms with van der Waals surface area (Å²) in [7, 11) is 0. The Kier molecular flexibility index (Phi) is 9.38. The van der Waals surface area contributed by atoms with E-state index in [1.807, 2.05) is 56.3 Å². The molecule has 0 aliphatic rings. The fourth-order valence-corrected chi connectivity index (χ4v) is 3.60. The lowest BCUT2D eigenvalue weighted by molar-refractivity contribution is -0.140. The van der Waals surface area contributed by atoms with Crippen LogP contribution in [-0.2, 0) is 25.6 Å². The van der Waals surface area contributed by atoms with Gasteiger partial charge in [0.15, 0.2) is 0 Å². The minimum Gasteiger partial charge on any atom is -0.350 e. The molecule has 0 radical (unpaired) electrons. The average Bonchev–Trinajstić information content (AvgIpc) is 2.76. The molecular weight excluding hydrogens is 406 g/mol. The number of benzene rings is 2. The van der Waals surface area contributed by atoms with Gasteiger partial charge in [-0.1, -0.05) is 63.2 Å². The maximum atomic E-state index is 12.9. The van der Waals surface area contributed by atoms with Crippen LogP contribution in [0.25, 0.3) is 10.8 Å². The molecule has 32 heavy (non-hydrogen) atoms. The van der Waals surface area contributed by atoms with Gasteiger partial charge >= 0.3 is 0 Å². The molecule has 172 valence electrons.